The number of hydrogen-bond acceptors (Lipinski definition) is 5. The van der Waals surface area contributed by atoms with E-state index in [2.05, 4.69) is 17.1 Å². The molecule has 2 unspecified atom stereocenters. The molecular weight excluding hydrogens is 354 g/mol. The van der Waals surface area contributed by atoms with Gasteiger partial charge in [-0.3, -0.25) is 9.69 Å². The molecule has 2 aliphatic rings. The van der Waals surface area contributed by atoms with Gasteiger partial charge < -0.3 is 19.7 Å². The number of ether oxygens (including phenoxy) is 2. The number of piperazine rings is 1. The maximum absolute atomic E-state index is 12.8. The van der Waals surface area contributed by atoms with Gasteiger partial charge in [0.05, 0.1) is 14.2 Å². The molecule has 6 heteroatoms. The molecule has 1 aromatic rings. The highest BCUT2D eigenvalue weighted by molar-refractivity contribution is 5.76. The first-order chi connectivity index (χ1) is 13.6. The van der Waals surface area contributed by atoms with Crippen LogP contribution in [0.1, 0.15) is 31.7 Å². The van der Waals surface area contributed by atoms with Gasteiger partial charge in [-0.2, -0.15) is 0 Å². The van der Waals surface area contributed by atoms with E-state index < -0.39 is 0 Å². The van der Waals surface area contributed by atoms with E-state index in [0.29, 0.717) is 24.2 Å². The Morgan fingerprint density at radius 1 is 1.21 bits per heavy atom. The minimum Gasteiger partial charge on any atom is -0.497 e. The van der Waals surface area contributed by atoms with Gasteiger partial charge in [0, 0.05) is 44.7 Å². The maximum Gasteiger partial charge on any atom is 0.222 e. The van der Waals surface area contributed by atoms with Crippen LogP contribution < -0.4 is 14.8 Å². The Kier molecular flexibility index (Phi) is 7.57. The van der Waals surface area contributed by atoms with Crippen LogP contribution in [0.3, 0.4) is 0 Å². The van der Waals surface area contributed by atoms with Crippen molar-refractivity contribution in [3.05, 3.63) is 23.8 Å². The summed E-state index contributed by atoms with van der Waals surface area (Å²) in [5.41, 5.74) is 1.13. The lowest BCUT2D eigenvalue weighted by Crippen LogP contribution is -2.49. The third-order valence-corrected chi connectivity index (χ3v) is 6.24. The van der Waals surface area contributed by atoms with Crippen molar-refractivity contribution in [3.63, 3.8) is 0 Å². The summed E-state index contributed by atoms with van der Waals surface area (Å²) < 4.78 is 10.8. The number of amides is 1. The van der Waals surface area contributed by atoms with E-state index in [1.807, 2.05) is 23.1 Å². The van der Waals surface area contributed by atoms with Crippen molar-refractivity contribution in [2.45, 2.75) is 32.7 Å². The summed E-state index contributed by atoms with van der Waals surface area (Å²) in [7, 11) is 3.38. The van der Waals surface area contributed by atoms with E-state index in [-0.39, 0.29) is 0 Å². The molecule has 1 N–H and O–H groups in total. The van der Waals surface area contributed by atoms with Crippen molar-refractivity contribution >= 4 is 5.91 Å². The predicted octanol–water partition coefficient (Wildman–Crippen LogP) is 2.37. The number of carbonyl (C=O) groups excluding carboxylic acids is 1. The standard InChI is InChI=1S/C22H35N3O3/c1-17(18-5-4-8-23-15-18)13-22(26)25-11-9-24(10-12-25)16-19-14-20(27-2)6-7-21(19)28-3/h6-7,14,17-18,23H,4-5,8-13,15-16H2,1-3H3. The quantitative estimate of drug-likeness (QED) is 0.776. The van der Waals surface area contributed by atoms with Crippen molar-refractivity contribution in [1.82, 2.24) is 15.1 Å². The molecule has 1 aromatic carbocycles. The average Bonchev–Trinajstić information content (AvgIpc) is 2.74. The first-order valence-corrected chi connectivity index (χ1v) is 10.5. The van der Waals surface area contributed by atoms with Crippen LogP contribution in [-0.2, 0) is 11.3 Å². The van der Waals surface area contributed by atoms with Crippen LogP contribution >= 0.6 is 0 Å². The van der Waals surface area contributed by atoms with Gasteiger partial charge in [-0.05, 0) is 56.0 Å². The molecule has 2 saturated heterocycles. The number of benzene rings is 1. The minimum atomic E-state index is 0.316. The van der Waals surface area contributed by atoms with Gasteiger partial charge >= 0.3 is 0 Å². The Hall–Kier alpha value is -1.79. The minimum absolute atomic E-state index is 0.316. The van der Waals surface area contributed by atoms with E-state index in [4.69, 9.17) is 9.47 Å². The third-order valence-electron chi connectivity index (χ3n) is 6.24. The second-order valence-electron chi connectivity index (χ2n) is 8.12. The summed E-state index contributed by atoms with van der Waals surface area (Å²) in [4.78, 5) is 17.2. The number of nitrogens with one attached hydrogen (secondary N) is 1. The molecule has 1 amide bonds. The number of piperidine rings is 1. The molecule has 156 valence electrons. The second kappa shape index (κ2) is 10.1. The van der Waals surface area contributed by atoms with Crippen molar-refractivity contribution in [3.8, 4) is 11.5 Å². The van der Waals surface area contributed by atoms with Gasteiger partial charge in [-0.1, -0.05) is 6.92 Å². The molecular formula is C22H35N3O3. The molecule has 0 saturated carbocycles. The Labute approximate surface area is 169 Å². The van der Waals surface area contributed by atoms with Crippen LogP contribution in [0.15, 0.2) is 18.2 Å². The fraction of sp³-hybridized carbons (Fsp3) is 0.682. The zero-order valence-electron chi connectivity index (χ0n) is 17.6. The van der Waals surface area contributed by atoms with Crippen LogP contribution in [0.2, 0.25) is 0 Å². The third kappa shape index (κ3) is 5.39. The molecule has 0 bridgehead atoms. The lowest BCUT2D eigenvalue weighted by molar-refractivity contribution is -0.134. The van der Waals surface area contributed by atoms with E-state index >= 15 is 0 Å². The highest BCUT2D eigenvalue weighted by Gasteiger charge is 2.26. The molecule has 6 nitrogen and oxygen atoms in total. The van der Waals surface area contributed by atoms with E-state index in [1.54, 1.807) is 14.2 Å². The zero-order chi connectivity index (χ0) is 19.9. The molecule has 0 aromatic heterocycles. The fourth-order valence-corrected chi connectivity index (χ4v) is 4.34. The zero-order valence-corrected chi connectivity index (χ0v) is 17.6. The highest BCUT2D eigenvalue weighted by Crippen LogP contribution is 2.26. The summed E-state index contributed by atoms with van der Waals surface area (Å²) in [5.74, 6) is 3.14. The first-order valence-electron chi connectivity index (χ1n) is 10.5. The summed E-state index contributed by atoms with van der Waals surface area (Å²) in [5, 5.41) is 3.46. The van der Waals surface area contributed by atoms with Crippen molar-refractivity contribution < 1.29 is 14.3 Å². The molecule has 2 aliphatic heterocycles. The number of rotatable bonds is 7. The Balaban J connectivity index is 1.48. The van der Waals surface area contributed by atoms with Crippen LogP contribution in [0.4, 0.5) is 0 Å². The summed E-state index contributed by atoms with van der Waals surface area (Å²) in [6, 6.07) is 5.91. The first kappa shape index (κ1) is 20.9. The fourth-order valence-electron chi connectivity index (χ4n) is 4.34. The normalized spacial score (nSPS) is 22.0. The molecule has 3 rings (SSSR count). The molecule has 0 radical (unpaired) electrons. The molecule has 2 fully saturated rings. The van der Waals surface area contributed by atoms with E-state index in [9.17, 15) is 4.79 Å². The van der Waals surface area contributed by atoms with Crippen LogP contribution in [-0.4, -0.2) is 69.2 Å². The Morgan fingerprint density at radius 2 is 2.00 bits per heavy atom. The largest absolute Gasteiger partial charge is 0.497 e. The van der Waals surface area contributed by atoms with Crippen molar-refractivity contribution in [1.29, 1.82) is 0 Å². The summed E-state index contributed by atoms with van der Waals surface area (Å²) in [6.45, 7) is 8.63. The van der Waals surface area contributed by atoms with Crippen molar-refractivity contribution in [2.24, 2.45) is 11.8 Å². The number of methoxy groups -OCH3 is 2. The molecule has 2 atom stereocenters. The highest BCUT2D eigenvalue weighted by atomic mass is 16.5. The summed E-state index contributed by atoms with van der Waals surface area (Å²) in [6.07, 6.45) is 3.16. The van der Waals surface area contributed by atoms with Crippen LogP contribution in [0, 0.1) is 11.8 Å². The molecule has 2 heterocycles. The number of carbonyl (C=O) groups is 1. The van der Waals surface area contributed by atoms with Gasteiger partial charge in [-0.15, -0.1) is 0 Å². The predicted molar refractivity (Wildman–Crippen MR) is 111 cm³/mol. The average molecular weight is 390 g/mol. The smallest absolute Gasteiger partial charge is 0.222 e. The van der Waals surface area contributed by atoms with Crippen LogP contribution in [0.25, 0.3) is 0 Å². The number of hydrogen-bond donors (Lipinski definition) is 1. The Bertz CT molecular complexity index is 638. The Morgan fingerprint density at radius 3 is 2.64 bits per heavy atom. The van der Waals surface area contributed by atoms with E-state index in [1.165, 1.54) is 12.8 Å². The molecule has 0 aliphatic carbocycles. The topological polar surface area (TPSA) is 54.0 Å². The second-order valence-corrected chi connectivity index (χ2v) is 8.12. The lowest BCUT2D eigenvalue weighted by atomic mass is 9.85. The van der Waals surface area contributed by atoms with Gasteiger partial charge in [0.1, 0.15) is 11.5 Å². The van der Waals surface area contributed by atoms with Crippen LogP contribution in [0.5, 0.6) is 11.5 Å². The molecule has 0 spiro atoms. The van der Waals surface area contributed by atoms with Gasteiger partial charge in [0.2, 0.25) is 5.91 Å². The summed E-state index contributed by atoms with van der Waals surface area (Å²) >= 11 is 0. The SMILES string of the molecule is COc1ccc(OC)c(CN2CCN(C(=O)CC(C)C3CCCNC3)CC2)c1. The van der Waals surface area contributed by atoms with E-state index in [0.717, 1.165) is 62.9 Å². The lowest BCUT2D eigenvalue weighted by Gasteiger charge is -2.36. The number of nitrogens with zero attached hydrogens (tertiary/aromatic N) is 2. The monoisotopic (exact) mass is 389 g/mol. The van der Waals surface area contributed by atoms with Gasteiger partial charge in [0.15, 0.2) is 0 Å². The molecule has 28 heavy (non-hydrogen) atoms. The van der Waals surface area contributed by atoms with Gasteiger partial charge in [-0.25, -0.2) is 0 Å². The van der Waals surface area contributed by atoms with Crippen molar-refractivity contribution in [2.75, 3.05) is 53.5 Å². The maximum atomic E-state index is 12.8. The van der Waals surface area contributed by atoms with Gasteiger partial charge in [0.25, 0.3) is 0 Å².